The molecular formula is C16H34N2. The molecule has 0 saturated heterocycles. The summed E-state index contributed by atoms with van der Waals surface area (Å²) in [6.45, 7) is 18.4. The summed E-state index contributed by atoms with van der Waals surface area (Å²) in [5.74, 6) is 1.39. The lowest BCUT2D eigenvalue weighted by Gasteiger charge is -2.48. The van der Waals surface area contributed by atoms with E-state index in [1.165, 1.54) is 12.8 Å². The lowest BCUT2D eigenvalue weighted by molar-refractivity contribution is 0.0208. The van der Waals surface area contributed by atoms with E-state index in [4.69, 9.17) is 5.73 Å². The minimum atomic E-state index is 0.210. The Hall–Kier alpha value is -0.0800. The molecule has 0 heterocycles. The zero-order valence-electron chi connectivity index (χ0n) is 13.6. The third-order valence-electron chi connectivity index (χ3n) is 4.67. The standard InChI is InChI=1S/C16H34N2/c1-12(2)9-18(13(3)4)16(11-17)10-15(6,7)8-14(16)5/h12-14H,8-11,17H2,1-7H3. The predicted octanol–water partition coefficient (Wildman–Crippen LogP) is 3.51. The number of hydrogen-bond acceptors (Lipinski definition) is 2. The van der Waals surface area contributed by atoms with E-state index >= 15 is 0 Å². The molecule has 0 spiro atoms. The van der Waals surface area contributed by atoms with Gasteiger partial charge < -0.3 is 5.73 Å². The Morgan fingerprint density at radius 2 is 1.78 bits per heavy atom. The first kappa shape index (κ1) is 16.0. The third-order valence-corrected chi connectivity index (χ3v) is 4.67. The Labute approximate surface area is 114 Å². The quantitative estimate of drug-likeness (QED) is 0.813. The van der Waals surface area contributed by atoms with E-state index in [1.807, 2.05) is 0 Å². The molecule has 0 bridgehead atoms. The van der Waals surface area contributed by atoms with Gasteiger partial charge in [0.05, 0.1) is 0 Å². The summed E-state index contributed by atoms with van der Waals surface area (Å²) in [4.78, 5) is 2.69. The van der Waals surface area contributed by atoms with Gasteiger partial charge in [-0.3, -0.25) is 4.90 Å². The molecule has 0 radical (unpaired) electrons. The van der Waals surface area contributed by atoms with Crippen LogP contribution in [0.25, 0.3) is 0 Å². The van der Waals surface area contributed by atoms with Gasteiger partial charge in [0, 0.05) is 24.7 Å². The summed E-state index contributed by atoms with van der Waals surface area (Å²) in [5.41, 5.74) is 6.90. The van der Waals surface area contributed by atoms with Crippen LogP contribution in [0, 0.1) is 17.3 Å². The van der Waals surface area contributed by atoms with Crippen molar-refractivity contribution in [3.8, 4) is 0 Å². The van der Waals surface area contributed by atoms with Crippen LogP contribution in [0.3, 0.4) is 0 Å². The van der Waals surface area contributed by atoms with E-state index < -0.39 is 0 Å². The summed E-state index contributed by atoms with van der Waals surface area (Å²) in [5, 5.41) is 0. The molecule has 2 unspecified atom stereocenters. The highest BCUT2D eigenvalue weighted by atomic mass is 15.2. The van der Waals surface area contributed by atoms with Crippen LogP contribution in [-0.4, -0.2) is 29.6 Å². The van der Waals surface area contributed by atoms with Crippen molar-refractivity contribution in [2.24, 2.45) is 23.0 Å². The minimum Gasteiger partial charge on any atom is -0.329 e. The van der Waals surface area contributed by atoms with Gasteiger partial charge in [0.2, 0.25) is 0 Å². The predicted molar refractivity (Wildman–Crippen MR) is 80.6 cm³/mol. The number of rotatable bonds is 5. The third kappa shape index (κ3) is 3.08. The van der Waals surface area contributed by atoms with Crippen LogP contribution < -0.4 is 5.73 Å². The fraction of sp³-hybridized carbons (Fsp3) is 1.00. The van der Waals surface area contributed by atoms with Crippen molar-refractivity contribution in [2.75, 3.05) is 13.1 Å². The van der Waals surface area contributed by atoms with Crippen LogP contribution in [0.15, 0.2) is 0 Å². The van der Waals surface area contributed by atoms with E-state index in [0.29, 0.717) is 23.3 Å². The molecule has 0 aromatic rings. The SMILES string of the molecule is CC(C)CN(C(C)C)C1(CN)CC(C)(C)CC1C. The van der Waals surface area contributed by atoms with Crippen molar-refractivity contribution in [1.82, 2.24) is 4.90 Å². The molecule has 2 heteroatoms. The molecule has 2 N–H and O–H groups in total. The number of nitrogens with two attached hydrogens (primary N) is 1. The Morgan fingerprint density at radius 1 is 1.22 bits per heavy atom. The van der Waals surface area contributed by atoms with E-state index in [0.717, 1.165) is 13.1 Å². The normalized spacial score (nSPS) is 31.8. The lowest BCUT2D eigenvalue weighted by atomic mass is 9.83. The summed E-state index contributed by atoms with van der Waals surface area (Å²) in [7, 11) is 0. The molecule has 18 heavy (non-hydrogen) atoms. The van der Waals surface area contributed by atoms with Crippen molar-refractivity contribution in [3.05, 3.63) is 0 Å². The first-order valence-corrected chi connectivity index (χ1v) is 7.61. The first-order valence-electron chi connectivity index (χ1n) is 7.61. The first-order chi connectivity index (χ1) is 8.14. The largest absolute Gasteiger partial charge is 0.329 e. The molecule has 1 fully saturated rings. The lowest BCUT2D eigenvalue weighted by Crippen LogP contribution is -2.59. The van der Waals surface area contributed by atoms with Gasteiger partial charge in [0.25, 0.3) is 0 Å². The van der Waals surface area contributed by atoms with E-state index in [2.05, 4.69) is 53.4 Å². The van der Waals surface area contributed by atoms with Crippen LogP contribution in [0.4, 0.5) is 0 Å². The zero-order chi connectivity index (χ0) is 14.1. The van der Waals surface area contributed by atoms with Gasteiger partial charge >= 0.3 is 0 Å². The summed E-state index contributed by atoms with van der Waals surface area (Å²) < 4.78 is 0. The van der Waals surface area contributed by atoms with Crippen molar-refractivity contribution in [3.63, 3.8) is 0 Å². The fourth-order valence-electron chi connectivity index (χ4n) is 4.17. The molecule has 2 nitrogen and oxygen atoms in total. The number of nitrogens with zero attached hydrogens (tertiary/aromatic N) is 1. The van der Waals surface area contributed by atoms with Gasteiger partial charge in [-0.15, -0.1) is 0 Å². The molecule has 0 amide bonds. The van der Waals surface area contributed by atoms with Crippen molar-refractivity contribution in [2.45, 2.75) is 72.9 Å². The highest BCUT2D eigenvalue weighted by Gasteiger charge is 2.51. The smallest absolute Gasteiger partial charge is 0.0365 e. The van der Waals surface area contributed by atoms with Gasteiger partial charge in [-0.25, -0.2) is 0 Å². The summed E-state index contributed by atoms with van der Waals surface area (Å²) in [6.07, 6.45) is 2.54. The minimum absolute atomic E-state index is 0.210. The van der Waals surface area contributed by atoms with Gasteiger partial charge in [0.15, 0.2) is 0 Å². The Balaban J connectivity index is 3.04. The van der Waals surface area contributed by atoms with Crippen LogP contribution in [-0.2, 0) is 0 Å². The van der Waals surface area contributed by atoms with E-state index in [1.54, 1.807) is 0 Å². The molecule has 108 valence electrons. The molecule has 1 aliphatic carbocycles. The Morgan fingerprint density at radius 3 is 2.06 bits per heavy atom. The average Bonchev–Trinajstić information content (AvgIpc) is 2.44. The monoisotopic (exact) mass is 254 g/mol. The summed E-state index contributed by atoms with van der Waals surface area (Å²) >= 11 is 0. The maximum atomic E-state index is 6.25. The van der Waals surface area contributed by atoms with Crippen molar-refractivity contribution < 1.29 is 0 Å². The second-order valence-corrected chi connectivity index (χ2v) is 7.89. The maximum Gasteiger partial charge on any atom is 0.0365 e. The van der Waals surface area contributed by atoms with Crippen LogP contribution in [0.2, 0.25) is 0 Å². The Bertz CT molecular complexity index is 270. The van der Waals surface area contributed by atoms with Crippen LogP contribution >= 0.6 is 0 Å². The Kier molecular flexibility index (Phi) is 4.88. The maximum absolute atomic E-state index is 6.25. The second-order valence-electron chi connectivity index (χ2n) is 7.89. The molecular weight excluding hydrogens is 220 g/mol. The zero-order valence-corrected chi connectivity index (χ0v) is 13.6. The molecule has 0 aromatic heterocycles. The molecule has 1 rings (SSSR count). The number of hydrogen-bond donors (Lipinski definition) is 1. The van der Waals surface area contributed by atoms with Gasteiger partial charge in [-0.2, -0.15) is 0 Å². The second kappa shape index (κ2) is 5.50. The van der Waals surface area contributed by atoms with Gasteiger partial charge in [-0.05, 0) is 43.9 Å². The molecule has 0 aromatic carbocycles. The van der Waals surface area contributed by atoms with Gasteiger partial charge in [-0.1, -0.05) is 34.6 Å². The van der Waals surface area contributed by atoms with Crippen LogP contribution in [0.1, 0.15) is 61.3 Å². The van der Waals surface area contributed by atoms with Crippen molar-refractivity contribution >= 4 is 0 Å². The average molecular weight is 254 g/mol. The van der Waals surface area contributed by atoms with Crippen molar-refractivity contribution in [1.29, 1.82) is 0 Å². The molecule has 1 saturated carbocycles. The van der Waals surface area contributed by atoms with Gasteiger partial charge in [0.1, 0.15) is 0 Å². The fourth-order valence-corrected chi connectivity index (χ4v) is 4.17. The molecule has 0 aliphatic heterocycles. The van der Waals surface area contributed by atoms with E-state index in [9.17, 15) is 0 Å². The topological polar surface area (TPSA) is 29.3 Å². The summed E-state index contributed by atoms with van der Waals surface area (Å²) in [6, 6.07) is 0.576. The van der Waals surface area contributed by atoms with E-state index in [-0.39, 0.29) is 5.54 Å². The highest BCUT2D eigenvalue weighted by molar-refractivity contribution is 5.06. The molecule has 1 aliphatic rings. The molecule has 2 atom stereocenters. The van der Waals surface area contributed by atoms with Crippen LogP contribution in [0.5, 0.6) is 0 Å². The highest BCUT2D eigenvalue weighted by Crippen LogP contribution is 2.50.